The Morgan fingerprint density at radius 1 is 0.562 bits per heavy atom. The monoisotopic (exact) mass is 428 g/mol. The Hall–Kier alpha value is -3.40. The molecule has 2 N–H and O–H groups in total. The van der Waals surface area contributed by atoms with Crippen molar-refractivity contribution < 1.29 is 9.59 Å². The number of anilines is 2. The van der Waals surface area contributed by atoms with Crippen LogP contribution >= 0.6 is 0 Å². The van der Waals surface area contributed by atoms with E-state index in [0.717, 1.165) is 59.3 Å². The van der Waals surface area contributed by atoms with Gasteiger partial charge in [-0.15, -0.1) is 0 Å². The van der Waals surface area contributed by atoms with Crippen LogP contribution in [0.4, 0.5) is 11.4 Å². The van der Waals surface area contributed by atoms with Gasteiger partial charge in [-0.3, -0.25) is 9.59 Å². The summed E-state index contributed by atoms with van der Waals surface area (Å²) in [6, 6.07) is 19.1. The standard InChI is InChI=1S/C28H32N2O2/c1-5-19-12-9-13-20(6-2)25(19)29-27(31)23-16-11-17-24(18-23)28(32)30-26-21(7-3)14-10-15-22(26)8-4/h9-18H,5-8H2,1-4H3,(H,29,31)(H,30,32). The molecule has 0 bridgehead atoms. The van der Waals surface area contributed by atoms with Gasteiger partial charge in [0.2, 0.25) is 0 Å². The number of amides is 2. The number of nitrogens with one attached hydrogen (secondary N) is 2. The molecule has 4 nitrogen and oxygen atoms in total. The Labute approximate surface area is 191 Å². The lowest BCUT2D eigenvalue weighted by molar-refractivity contribution is 0.102. The number of carbonyl (C=O) groups is 2. The Morgan fingerprint density at radius 2 is 0.875 bits per heavy atom. The predicted molar refractivity (Wildman–Crippen MR) is 133 cm³/mol. The van der Waals surface area contributed by atoms with Crippen molar-refractivity contribution in [2.24, 2.45) is 0 Å². The molecular weight excluding hydrogens is 396 g/mol. The molecule has 0 radical (unpaired) electrons. The zero-order chi connectivity index (χ0) is 23.1. The average Bonchev–Trinajstić information content (AvgIpc) is 2.84. The average molecular weight is 429 g/mol. The van der Waals surface area contributed by atoms with Gasteiger partial charge in [-0.1, -0.05) is 70.2 Å². The van der Waals surface area contributed by atoms with Gasteiger partial charge < -0.3 is 10.6 Å². The summed E-state index contributed by atoms with van der Waals surface area (Å²) in [4.78, 5) is 26.1. The van der Waals surface area contributed by atoms with E-state index in [4.69, 9.17) is 0 Å². The Balaban J connectivity index is 1.85. The maximum atomic E-state index is 13.0. The largest absolute Gasteiger partial charge is 0.321 e. The number of para-hydroxylation sites is 2. The minimum absolute atomic E-state index is 0.210. The predicted octanol–water partition coefficient (Wildman–Crippen LogP) is 6.44. The quantitative estimate of drug-likeness (QED) is 0.434. The topological polar surface area (TPSA) is 58.2 Å². The molecule has 0 atom stereocenters. The van der Waals surface area contributed by atoms with Crippen molar-refractivity contribution in [2.75, 3.05) is 10.6 Å². The SMILES string of the molecule is CCc1cccc(CC)c1NC(=O)c1cccc(C(=O)Nc2c(CC)cccc2CC)c1. The molecule has 3 rings (SSSR count). The van der Waals surface area contributed by atoms with Crippen molar-refractivity contribution in [3.05, 3.63) is 94.0 Å². The van der Waals surface area contributed by atoms with E-state index in [1.165, 1.54) is 0 Å². The minimum atomic E-state index is -0.210. The summed E-state index contributed by atoms with van der Waals surface area (Å²) in [6.07, 6.45) is 3.34. The molecule has 0 aliphatic rings. The van der Waals surface area contributed by atoms with Crippen LogP contribution in [-0.2, 0) is 25.7 Å². The smallest absolute Gasteiger partial charge is 0.255 e. The number of aryl methyl sites for hydroxylation is 4. The van der Waals surface area contributed by atoms with Gasteiger partial charge in [-0.2, -0.15) is 0 Å². The first kappa shape index (κ1) is 23.3. The van der Waals surface area contributed by atoms with Crippen molar-refractivity contribution in [1.82, 2.24) is 0 Å². The molecule has 32 heavy (non-hydrogen) atoms. The number of rotatable bonds is 8. The van der Waals surface area contributed by atoms with Crippen LogP contribution in [0.25, 0.3) is 0 Å². The normalized spacial score (nSPS) is 10.6. The Morgan fingerprint density at radius 3 is 1.19 bits per heavy atom. The van der Waals surface area contributed by atoms with E-state index in [1.54, 1.807) is 24.3 Å². The van der Waals surface area contributed by atoms with E-state index in [9.17, 15) is 9.59 Å². The molecule has 0 spiro atoms. The summed E-state index contributed by atoms with van der Waals surface area (Å²) in [7, 11) is 0. The van der Waals surface area contributed by atoms with E-state index >= 15 is 0 Å². The van der Waals surface area contributed by atoms with Crippen molar-refractivity contribution in [2.45, 2.75) is 53.4 Å². The second-order valence-electron chi connectivity index (χ2n) is 7.81. The molecule has 0 unspecified atom stereocenters. The van der Waals surface area contributed by atoms with Crippen LogP contribution in [0, 0.1) is 0 Å². The number of hydrogen-bond donors (Lipinski definition) is 2. The van der Waals surface area contributed by atoms with Gasteiger partial charge in [0.25, 0.3) is 11.8 Å². The lowest BCUT2D eigenvalue weighted by Gasteiger charge is -2.16. The second kappa shape index (κ2) is 10.8. The van der Waals surface area contributed by atoms with Gasteiger partial charge in [0.15, 0.2) is 0 Å². The van der Waals surface area contributed by atoms with Crippen molar-refractivity contribution >= 4 is 23.2 Å². The van der Waals surface area contributed by atoms with E-state index in [-0.39, 0.29) is 11.8 Å². The molecule has 0 aromatic heterocycles. The third-order valence-corrected chi connectivity index (χ3v) is 5.86. The fourth-order valence-electron chi connectivity index (χ4n) is 3.98. The molecule has 0 fully saturated rings. The number of hydrogen-bond acceptors (Lipinski definition) is 2. The number of carbonyl (C=O) groups excluding carboxylic acids is 2. The van der Waals surface area contributed by atoms with E-state index in [2.05, 4.69) is 38.3 Å². The first-order valence-corrected chi connectivity index (χ1v) is 11.5. The van der Waals surface area contributed by atoms with Crippen LogP contribution in [0.5, 0.6) is 0 Å². The van der Waals surface area contributed by atoms with Crippen molar-refractivity contribution in [3.8, 4) is 0 Å². The summed E-state index contributed by atoms with van der Waals surface area (Å²) in [5.41, 5.74) is 7.10. The molecule has 0 heterocycles. The van der Waals surface area contributed by atoms with Crippen LogP contribution in [-0.4, -0.2) is 11.8 Å². The maximum Gasteiger partial charge on any atom is 0.255 e. The van der Waals surface area contributed by atoms with Gasteiger partial charge in [-0.25, -0.2) is 0 Å². The third-order valence-electron chi connectivity index (χ3n) is 5.86. The van der Waals surface area contributed by atoms with E-state index in [1.807, 2.05) is 36.4 Å². The third kappa shape index (κ3) is 5.08. The zero-order valence-corrected chi connectivity index (χ0v) is 19.4. The van der Waals surface area contributed by atoms with Gasteiger partial charge >= 0.3 is 0 Å². The summed E-state index contributed by atoms with van der Waals surface area (Å²) in [6.45, 7) is 8.31. The van der Waals surface area contributed by atoms with Crippen LogP contribution < -0.4 is 10.6 Å². The highest BCUT2D eigenvalue weighted by atomic mass is 16.2. The Kier molecular flexibility index (Phi) is 7.82. The van der Waals surface area contributed by atoms with Crippen LogP contribution in [0.1, 0.15) is 70.7 Å². The lowest BCUT2D eigenvalue weighted by atomic mass is 10.0. The first-order valence-electron chi connectivity index (χ1n) is 11.5. The van der Waals surface area contributed by atoms with Crippen molar-refractivity contribution in [3.63, 3.8) is 0 Å². The summed E-state index contributed by atoms with van der Waals surface area (Å²) >= 11 is 0. The second-order valence-corrected chi connectivity index (χ2v) is 7.81. The maximum absolute atomic E-state index is 13.0. The zero-order valence-electron chi connectivity index (χ0n) is 19.4. The summed E-state index contributed by atoms with van der Waals surface area (Å²) in [5.74, 6) is -0.420. The molecule has 0 aliphatic heterocycles. The fourth-order valence-corrected chi connectivity index (χ4v) is 3.98. The Bertz CT molecular complexity index is 989. The summed E-state index contributed by atoms with van der Waals surface area (Å²) in [5, 5.41) is 6.16. The molecule has 3 aromatic carbocycles. The molecule has 4 heteroatoms. The molecule has 166 valence electrons. The highest BCUT2D eigenvalue weighted by Gasteiger charge is 2.16. The molecule has 0 saturated heterocycles. The molecule has 3 aromatic rings. The first-order chi connectivity index (χ1) is 15.5. The van der Waals surface area contributed by atoms with Gasteiger partial charge in [0, 0.05) is 22.5 Å². The number of benzene rings is 3. The van der Waals surface area contributed by atoms with E-state index < -0.39 is 0 Å². The van der Waals surface area contributed by atoms with Gasteiger partial charge in [0.05, 0.1) is 0 Å². The molecule has 0 saturated carbocycles. The molecule has 2 amide bonds. The van der Waals surface area contributed by atoms with E-state index in [0.29, 0.717) is 11.1 Å². The summed E-state index contributed by atoms with van der Waals surface area (Å²) < 4.78 is 0. The fraction of sp³-hybridized carbons (Fsp3) is 0.286. The molecular formula is C28H32N2O2. The van der Waals surface area contributed by atoms with Gasteiger partial charge in [0.1, 0.15) is 0 Å². The van der Waals surface area contributed by atoms with Crippen molar-refractivity contribution in [1.29, 1.82) is 0 Å². The van der Waals surface area contributed by atoms with Crippen LogP contribution in [0.2, 0.25) is 0 Å². The molecule has 0 aliphatic carbocycles. The minimum Gasteiger partial charge on any atom is -0.321 e. The van der Waals surface area contributed by atoms with Gasteiger partial charge in [-0.05, 0) is 66.1 Å². The van der Waals surface area contributed by atoms with Crippen LogP contribution in [0.15, 0.2) is 60.7 Å². The van der Waals surface area contributed by atoms with Crippen LogP contribution in [0.3, 0.4) is 0 Å². The lowest BCUT2D eigenvalue weighted by Crippen LogP contribution is -2.18. The highest BCUT2D eigenvalue weighted by Crippen LogP contribution is 2.25. The highest BCUT2D eigenvalue weighted by molar-refractivity contribution is 6.09.